The van der Waals surface area contributed by atoms with Crippen LogP contribution in [0.3, 0.4) is 0 Å². The molecule has 0 radical (unpaired) electrons. The third-order valence-corrected chi connectivity index (χ3v) is 3.60. The monoisotopic (exact) mass is 342 g/mol. The molecule has 1 atom stereocenters. The maximum Gasteiger partial charge on any atom is 0.133 e. The number of aliphatic hydroxyl groups excluding tert-OH is 1. The van der Waals surface area contributed by atoms with E-state index in [9.17, 15) is 13.9 Å². The molecule has 0 amide bonds. The lowest BCUT2D eigenvalue weighted by Gasteiger charge is -2.13. The quantitative estimate of drug-likeness (QED) is 0.909. The number of hydrogen-bond donors (Lipinski definition) is 1. The summed E-state index contributed by atoms with van der Waals surface area (Å²) in [4.78, 5) is 0. The van der Waals surface area contributed by atoms with Crippen molar-refractivity contribution >= 4 is 15.9 Å². The van der Waals surface area contributed by atoms with E-state index in [4.69, 9.17) is 4.74 Å². The molecule has 1 N–H and O–H groups in total. The van der Waals surface area contributed by atoms with Crippen molar-refractivity contribution in [1.82, 2.24) is 0 Å². The van der Waals surface area contributed by atoms with Crippen LogP contribution in [0.1, 0.15) is 17.2 Å². The molecule has 0 saturated heterocycles. The van der Waals surface area contributed by atoms with Gasteiger partial charge >= 0.3 is 0 Å². The summed E-state index contributed by atoms with van der Waals surface area (Å²) < 4.78 is 32.4. The van der Waals surface area contributed by atoms with E-state index >= 15 is 0 Å². The Morgan fingerprint density at radius 2 is 1.95 bits per heavy atom. The fourth-order valence-electron chi connectivity index (χ4n) is 1.92. The fourth-order valence-corrected chi connectivity index (χ4v) is 2.47. The van der Waals surface area contributed by atoms with Gasteiger partial charge in [-0.3, -0.25) is 0 Å². The Balaban J connectivity index is 2.21. The summed E-state index contributed by atoms with van der Waals surface area (Å²) in [7, 11) is 1.54. The molecule has 0 aliphatic carbocycles. The highest BCUT2D eigenvalue weighted by Gasteiger charge is 2.14. The van der Waals surface area contributed by atoms with Crippen molar-refractivity contribution in [2.24, 2.45) is 0 Å². The van der Waals surface area contributed by atoms with Crippen molar-refractivity contribution in [2.45, 2.75) is 12.5 Å². The molecular weight excluding hydrogens is 330 g/mol. The lowest BCUT2D eigenvalue weighted by Crippen LogP contribution is -2.04. The van der Waals surface area contributed by atoms with Gasteiger partial charge in [0.2, 0.25) is 0 Å². The van der Waals surface area contributed by atoms with Gasteiger partial charge in [0.1, 0.15) is 17.4 Å². The minimum absolute atomic E-state index is 0.00234. The van der Waals surface area contributed by atoms with Crippen LogP contribution in [-0.4, -0.2) is 12.2 Å². The van der Waals surface area contributed by atoms with E-state index < -0.39 is 17.7 Å². The van der Waals surface area contributed by atoms with Gasteiger partial charge < -0.3 is 9.84 Å². The number of benzene rings is 2. The van der Waals surface area contributed by atoms with Gasteiger partial charge in [-0.05, 0) is 57.4 Å². The molecule has 2 aromatic carbocycles. The Labute approximate surface area is 124 Å². The molecule has 0 bridgehead atoms. The van der Waals surface area contributed by atoms with Crippen LogP contribution in [0.25, 0.3) is 0 Å². The standard InChI is InChI=1S/C15H13BrF2O2/c1-20-15-5-2-9(7-12(15)16)14(19)8-10-6-11(17)3-4-13(10)18/h2-7,14,19H,8H2,1H3. The molecule has 106 valence electrons. The molecule has 2 rings (SSSR count). The zero-order chi connectivity index (χ0) is 14.7. The number of rotatable bonds is 4. The van der Waals surface area contributed by atoms with Crippen LogP contribution in [-0.2, 0) is 6.42 Å². The first-order chi connectivity index (χ1) is 9.51. The van der Waals surface area contributed by atoms with Crippen LogP contribution < -0.4 is 4.74 Å². The van der Waals surface area contributed by atoms with Gasteiger partial charge in [-0.1, -0.05) is 6.07 Å². The summed E-state index contributed by atoms with van der Waals surface area (Å²) >= 11 is 3.32. The van der Waals surface area contributed by atoms with E-state index in [1.807, 2.05) is 0 Å². The van der Waals surface area contributed by atoms with Crippen LogP contribution in [0.2, 0.25) is 0 Å². The van der Waals surface area contributed by atoms with Crippen molar-refractivity contribution in [1.29, 1.82) is 0 Å². The van der Waals surface area contributed by atoms with E-state index in [1.165, 1.54) is 7.11 Å². The van der Waals surface area contributed by atoms with Gasteiger partial charge in [0, 0.05) is 6.42 Å². The average molecular weight is 343 g/mol. The molecule has 0 fully saturated rings. The SMILES string of the molecule is COc1ccc(C(O)Cc2cc(F)ccc2F)cc1Br. The lowest BCUT2D eigenvalue weighted by molar-refractivity contribution is 0.177. The van der Waals surface area contributed by atoms with Gasteiger partial charge in [0.05, 0.1) is 17.7 Å². The van der Waals surface area contributed by atoms with Crippen molar-refractivity contribution in [2.75, 3.05) is 7.11 Å². The van der Waals surface area contributed by atoms with Crippen molar-refractivity contribution < 1.29 is 18.6 Å². The van der Waals surface area contributed by atoms with Crippen LogP contribution in [0.4, 0.5) is 8.78 Å². The van der Waals surface area contributed by atoms with Gasteiger partial charge in [-0.15, -0.1) is 0 Å². The van der Waals surface area contributed by atoms with Gasteiger partial charge in [0.25, 0.3) is 0 Å². The number of hydrogen-bond acceptors (Lipinski definition) is 2. The fraction of sp³-hybridized carbons (Fsp3) is 0.200. The summed E-state index contributed by atoms with van der Waals surface area (Å²) in [5, 5.41) is 10.1. The first-order valence-corrected chi connectivity index (χ1v) is 6.76. The molecule has 0 aromatic heterocycles. The second kappa shape index (κ2) is 6.33. The van der Waals surface area contributed by atoms with Crippen molar-refractivity contribution in [3.05, 3.63) is 63.6 Å². The van der Waals surface area contributed by atoms with Crippen LogP contribution in [0.5, 0.6) is 5.75 Å². The predicted octanol–water partition coefficient (Wildman–Crippen LogP) is 4.01. The average Bonchev–Trinajstić information content (AvgIpc) is 2.42. The third kappa shape index (κ3) is 3.35. The third-order valence-electron chi connectivity index (χ3n) is 2.98. The molecule has 0 aliphatic heterocycles. The van der Waals surface area contributed by atoms with E-state index in [0.29, 0.717) is 15.8 Å². The molecule has 5 heteroatoms. The first-order valence-electron chi connectivity index (χ1n) is 5.96. The second-order valence-corrected chi connectivity index (χ2v) is 5.20. The van der Waals surface area contributed by atoms with Gasteiger partial charge in [0.15, 0.2) is 0 Å². The van der Waals surface area contributed by atoms with Crippen molar-refractivity contribution in [3.8, 4) is 5.75 Å². The molecule has 2 nitrogen and oxygen atoms in total. The van der Waals surface area contributed by atoms with Crippen LogP contribution in [0, 0.1) is 11.6 Å². The normalized spacial score (nSPS) is 12.2. The molecule has 0 aliphatic rings. The molecule has 0 saturated carbocycles. The van der Waals surface area contributed by atoms with E-state index in [2.05, 4.69) is 15.9 Å². The van der Waals surface area contributed by atoms with E-state index in [-0.39, 0.29) is 12.0 Å². The van der Waals surface area contributed by atoms with Gasteiger partial charge in [-0.25, -0.2) is 8.78 Å². The number of ether oxygens (including phenoxy) is 1. The summed E-state index contributed by atoms with van der Waals surface area (Å²) in [6, 6.07) is 8.28. The number of halogens is 3. The highest BCUT2D eigenvalue weighted by atomic mass is 79.9. The zero-order valence-corrected chi connectivity index (χ0v) is 12.3. The topological polar surface area (TPSA) is 29.5 Å². The largest absolute Gasteiger partial charge is 0.496 e. The lowest BCUT2D eigenvalue weighted by atomic mass is 10.0. The number of methoxy groups -OCH3 is 1. The number of aliphatic hydroxyl groups is 1. The summed E-state index contributed by atoms with van der Waals surface area (Å²) in [6.45, 7) is 0. The molecule has 1 unspecified atom stereocenters. The molecule has 20 heavy (non-hydrogen) atoms. The summed E-state index contributed by atoms with van der Waals surface area (Å²) in [5.74, 6) is -0.416. The minimum atomic E-state index is -0.923. The van der Waals surface area contributed by atoms with Gasteiger partial charge in [-0.2, -0.15) is 0 Å². The molecule has 2 aromatic rings. The highest BCUT2D eigenvalue weighted by molar-refractivity contribution is 9.10. The smallest absolute Gasteiger partial charge is 0.133 e. The predicted molar refractivity (Wildman–Crippen MR) is 75.7 cm³/mol. The minimum Gasteiger partial charge on any atom is -0.496 e. The summed E-state index contributed by atoms with van der Waals surface area (Å²) in [5.41, 5.74) is 0.741. The highest BCUT2D eigenvalue weighted by Crippen LogP contribution is 2.29. The Kier molecular flexibility index (Phi) is 4.73. The van der Waals surface area contributed by atoms with Crippen LogP contribution >= 0.6 is 15.9 Å². The Bertz CT molecular complexity index is 617. The maximum absolute atomic E-state index is 13.5. The second-order valence-electron chi connectivity index (χ2n) is 4.35. The van der Waals surface area contributed by atoms with Crippen LogP contribution in [0.15, 0.2) is 40.9 Å². The van der Waals surface area contributed by atoms with E-state index in [1.54, 1.807) is 18.2 Å². The Morgan fingerprint density at radius 3 is 2.60 bits per heavy atom. The Hall–Kier alpha value is -1.46. The van der Waals surface area contributed by atoms with E-state index in [0.717, 1.165) is 18.2 Å². The molecule has 0 spiro atoms. The molecular formula is C15H13BrF2O2. The molecule has 0 heterocycles. The first kappa shape index (κ1) is 14.9. The zero-order valence-electron chi connectivity index (χ0n) is 10.7. The van der Waals surface area contributed by atoms with Crippen molar-refractivity contribution in [3.63, 3.8) is 0 Å². The summed E-state index contributed by atoms with van der Waals surface area (Å²) in [6.07, 6.45) is -0.920. The maximum atomic E-state index is 13.5. The Morgan fingerprint density at radius 1 is 1.20 bits per heavy atom.